The van der Waals surface area contributed by atoms with Crippen LogP contribution in [-0.2, 0) is 4.79 Å². The Bertz CT molecular complexity index is 1000. The number of piperazine rings is 1. The highest BCUT2D eigenvalue weighted by Gasteiger charge is 2.27. The van der Waals surface area contributed by atoms with Gasteiger partial charge < -0.3 is 19.0 Å². The van der Waals surface area contributed by atoms with Crippen molar-refractivity contribution in [3.63, 3.8) is 0 Å². The van der Waals surface area contributed by atoms with Crippen molar-refractivity contribution in [3.05, 3.63) is 60.4 Å². The molecule has 0 spiro atoms. The fourth-order valence-corrected chi connectivity index (χ4v) is 3.27. The number of carbonyl (C=O) groups is 1. The molecule has 4 rings (SSSR count). The van der Waals surface area contributed by atoms with Gasteiger partial charge in [-0.2, -0.15) is 0 Å². The van der Waals surface area contributed by atoms with E-state index in [0.29, 0.717) is 37.6 Å². The molecule has 0 radical (unpaired) electrons. The summed E-state index contributed by atoms with van der Waals surface area (Å²) in [5, 5.41) is 8.44. The minimum absolute atomic E-state index is 0.150. The molecule has 3 heterocycles. The molecule has 3 aromatic rings. The third-order valence-electron chi connectivity index (χ3n) is 4.88. The molecule has 1 aliphatic rings. The van der Waals surface area contributed by atoms with Gasteiger partial charge >= 0.3 is 0 Å². The van der Waals surface area contributed by atoms with Crippen molar-refractivity contribution in [2.24, 2.45) is 0 Å². The molecule has 1 aliphatic heterocycles. The smallest absolute Gasteiger partial charge is 0.263 e. The molecule has 2 aromatic heterocycles. The summed E-state index contributed by atoms with van der Waals surface area (Å²) in [5.41, 5.74) is 0.650. The van der Waals surface area contributed by atoms with Crippen molar-refractivity contribution < 1.29 is 22.7 Å². The van der Waals surface area contributed by atoms with Crippen LogP contribution in [0.15, 0.2) is 53.1 Å². The van der Waals surface area contributed by atoms with Crippen molar-refractivity contribution in [1.82, 2.24) is 15.1 Å². The molecular weight excluding hydrogens is 394 g/mol. The molecule has 1 unspecified atom stereocenters. The molecule has 1 aromatic carbocycles. The second-order valence-electron chi connectivity index (χ2n) is 6.90. The standard InChI is InChI=1S/C21H20F2N4O3/c1-14(30-18-6-4-15(22)13-16(18)23)21(28)27-10-8-26(9-11-27)20-7-5-17(24-25-20)19-3-2-12-29-19/h2-7,12-14H,8-11H2,1H3. The first-order valence-electron chi connectivity index (χ1n) is 9.54. The number of furan rings is 1. The normalized spacial score (nSPS) is 15.2. The Kier molecular flexibility index (Phi) is 5.60. The van der Waals surface area contributed by atoms with E-state index in [2.05, 4.69) is 10.2 Å². The van der Waals surface area contributed by atoms with Crippen LogP contribution in [0.25, 0.3) is 11.5 Å². The Hall–Kier alpha value is -3.49. The van der Waals surface area contributed by atoms with Crippen LogP contribution in [0.2, 0.25) is 0 Å². The van der Waals surface area contributed by atoms with Crippen LogP contribution in [0.4, 0.5) is 14.6 Å². The third-order valence-corrected chi connectivity index (χ3v) is 4.88. The molecule has 0 bridgehead atoms. The maximum Gasteiger partial charge on any atom is 0.263 e. The van der Waals surface area contributed by atoms with E-state index in [9.17, 15) is 13.6 Å². The molecule has 0 aliphatic carbocycles. The van der Waals surface area contributed by atoms with Gasteiger partial charge in [0.15, 0.2) is 29.2 Å². The number of anilines is 1. The average Bonchev–Trinajstić information content (AvgIpc) is 3.30. The number of aromatic nitrogens is 2. The molecule has 1 amide bonds. The summed E-state index contributed by atoms with van der Waals surface area (Å²) in [7, 11) is 0. The molecule has 30 heavy (non-hydrogen) atoms. The first kappa shape index (κ1) is 19.8. The van der Waals surface area contributed by atoms with Gasteiger partial charge in [-0.25, -0.2) is 8.78 Å². The number of halogens is 2. The van der Waals surface area contributed by atoms with Crippen molar-refractivity contribution in [2.75, 3.05) is 31.1 Å². The molecule has 0 N–H and O–H groups in total. The molecule has 7 nitrogen and oxygen atoms in total. The Labute approximate surface area is 171 Å². The van der Waals surface area contributed by atoms with Gasteiger partial charge in [-0.1, -0.05) is 0 Å². The Balaban J connectivity index is 1.33. The number of amides is 1. The zero-order valence-corrected chi connectivity index (χ0v) is 16.3. The maximum atomic E-state index is 13.8. The van der Waals surface area contributed by atoms with Crippen LogP contribution in [0.5, 0.6) is 5.75 Å². The molecule has 1 atom stereocenters. The van der Waals surface area contributed by atoms with E-state index in [4.69, 9.17) is 9.15 Å². The van der Waals surface area contributed by atoms with Crippen molar-refractivity contribution in [3.8, 4) is 17.2 Å². The summed E-state index contributed by atoms with van der Waals surface area (Å²) in [6.07, 6.45) is 0.694. The lowest BCUT2D eigenvalue weighted by molar-refractivity contribution is -0.138. The van der Waals surface area contributed by atoms with Crippen LogP contribution in [-0.4, -0.2) is 53.3 Å². The lowest BCUT2D eigenvalue weighted by Gasteiger charge is -2.36. The maximum absolute atomic E-state index is 13.8. The first-order chi connectivity index (χ1) is 14.5. The second-order valence-corrected chi connectivity index (χ2v) is 6.90. The number of hydrogen-bond acceptors (Lipinski definition) is 6. The highest BCUT2D eigenvalue weighted by molar-refractivity contribution is 5.81. The number of ether oxygens (including phenoxy) is 1. The van der Waals surface area contributed by atoms with Crippen LogP contribution in [0, 0.1) is 11.6 Å². The van der Waals surface area contributed by atoms with E-state index in [0.717, 1.165) is 18.0 Å². The minimum Gasteiger partial charge on any atom is -0.478 e. The molecule has 1 fully saturated rings. The summed E-state index contributed by atoms with van der Waals surface area (Å²) in [5.74, 6) is -0.571. The van der Waals surface area contributed by atoms with E-state index >= 15 is 0 Å². The molecule has 1 saturated heterocycles. The number of benzene rings is 1. The van der Waals surface area contributed by atoms with Crippen LogP contribution < -0.4 is 9.64 Å². The second kappa shape index (κ2) is 8.48. The summed E-state index contributed by atoms with van der Waals surface area (Å²) >= 11 is 0. The summed E-state index contributed by atoms with van der Waals surface area (Å²) < 4.78 is 37.5. The van der Waals surface area contributed by atoms with Crippen molar-refractivity contribution >= 4 is 11.7 Å². The lowest BCUT2D eigenvalue weighted by Crippen LogP contribution is -2.52. The summed E-state index contributed by atoms with van der Waals surface area (Å²) in [6, 6.07) is 10.3. The zero-order chi connectivity index (χ0) is 21.1. The SMILES string of the molecule is CC(Oc1ccc(F)cc1F)C(=O)N1CCN(c2ccc(-c3ccco3)nn2)CC1. The highest BCUT2D eigenvalue weighted by Crippen LogP contribution is 2.21. The number of nitrogens with zero attached hydrogens (tertiary/aromatic N) is 4. The average molecular weight is 414 g/mol. The monoisotopic (exact) mass is 414 g/mol. The number of carbonyl (C=O) groups excluding carboxylic acids is 1. The Morgan fingerprint density at radius 3 is 2.53 bits per heavy atom. The largest absolute Gasteiger partial charge is 0.478 e. The highest BCUT2D eigenvalue weighted by atomic mass is 19.1. The van der Waals surface area contributed by atoms with Gasteiger partial charge in [0, 0.05) is 32.2 Å². The summed E-state index contributed by atoms with van der Waals surface area (Å²) in [4.78, 5) is 16.3. The third kappa shape index (κ3) is 4.24. The quantitative estimate of drug-likeness (QED) is 0.639. The van der Waals surface area contributed by atoms with E-state index < -0.39 is 17.7 Å². The molecule has 156 valence electrons. The van der Waals surface area contributed by atoms with Crippen LogP contribution in [0.3, 0.4) is 0 Å². The van der Waals surface area contributed by atoms with Crippen molar-refractivity contribution in [1.29, 1.82) is 0 Å². The first-order valence-corrected chi connectivity index (χ1v) is 9.54. The van der Waals surface area contributed by atoms with E-state index in [1.54, 1.807) is 24.2 Å². The summed E-state index contributed by atoms with van der Waals surface area (Å²) in [6.45, 7) is 3.66. The van der Waals surface area contributed by atoms with Gasteiger partial charge in [0.1, 0.15) is 11.5 Å². The predicted octanol–water partition coefficient (Wildman–Crippen LogP) is 3.13. The molecule has 9 heteroatoms. The number of rotatable bonds is 5. The predicted molar refractivity (Wildman–Crippen MR) is 105 cm³/mol. The fraction of sp³-hybridized carbons (Fsp3) is 0.286. The van der Waals surface area contributed by atoms with Gasteiger partial charge in [0.2, 0.25) is 0 Å². The van der Waals surface area contributed by atoms with Gasteiger partial charge in [-0.05, 0) is 43.3 Å². The minimum atomic E-state index is -0.885. The van der Waals surface area contributed by atoms with E-state index in [-0.39, 0.29) is 11.7 Å². The molecule has 0 saturated carbocycles. The van der Waals surface area contributed by atoms with Gasteiger partial charge in [0.05, 0.1) is 6.26 Å². The van der Waals surface area contributed by atoms with E-state index in [1.807, 2.05) is 23.1 Å². The van der Waals surface area contributed by atoms with Gasteiger partial charge in [-0.15, -0.1) is 10.2 Å². The Morgan fingerprint density at radius 2 is 1.90 bits per heavy atom. The van der Waals surface area contributed by atoms with Crippen LogP contribution in [0.1, 0.15) is 6.92 Å². The van der Waals surface area contributed by atoms with Crippen molar-refractivity contribution in [2.45, 2.75) is 13.0 Å². The lowest BCUT2D eigenvalue weighted by atomic mass is 10.2. The topological polar surface area (TPSA) is 71.7 Å². The number of hydrogen-bond donors (Lipinski definition) is 0. The fourth-order valence-electron chi connectivity index (χ4n) is 3.27. The van der Waals surface area contributed by atoms with Gasteiger partial charge in [-0.3, -0.25) is 4.79 Å². The van der Waals surface area contributed by atoms with Crippen LogP contribution >= 0.6 is 0 Å². The molecular formula is C21H20F2N4O3. The zero-order valence-electron chi connectivity index (χ0n) is 16.3. The Morgan fingerprint density at radius 1 is 1.10 bits per heavy atom. The van der Waals surface area contributed by atoms with Gasteiger partial charge in [0.25, 0.3) is 5.91 Å². The van der Waals surface area contributed by atoms with E-state index in [1.165, 1.54) is 6.07 Å².